The van der Waals surface area contributed by atoms with E-state index in [9.17, 15) is 0 Å². The van der Waals surface area contributed by atoms with Crippen molar-refractivity contribution in [2.45, 2.75) is 18.6 Å². The van der Waals surface area contributed by atoms with Crippen LogP contribution in [0.15, 0.2) is 36.4 Å². The van der Waals surface area contributed by atoms with Crippen LogP contribution in [0.1, 0.15) is 16.5 Å². The number of para-hydroxylation sites is 1. The summed E-state index contributed by atoms with van der Waals surface area (Å²) in [6.45, 7) is 0. The van der Waals surface area contributed by atoms with Crippen molar-refractivity contribution in [2.75, 3.05) is 0 Å². The molecular weight excluding hydrogens is 268 g/mol. The fourth-order valence-electron chi connectivity index (χ4n) is 2.26. The third-order valence-corrected chi connectivity index (χ3v) is 4.44. The van der Waals surface area contributed by atoms with Crippen LogP contribution in [-0.4, -0.2) is 6.10 Å². The van der Waals surface area contributed by atoms with Crippen LogP contribution >= 0.6 is 22.9 Å². The second-order valence-corrected chi connectivity index (χ2v) is 6.00. The quantitative estimate of drug-likeness (QED) is 0.671. The zero-order chi connectivity index (χ0) is 12.5. The second kappa shape index (κ2) is 4.90. The Morgan fingerprint density at radius 2 is 2.17 bits per heavy atom. The molecule has 3 N–H and O–H groups in total. The van der Waals surface area contributed by atoms with Gasteiger partial charge >= 0.3 is 0 Å². The summed E-state index contributed by atoms with van der Waals surface area (Å²) in [5.41, 5.74) is 4.06. The number of fused-ring (bicyclic) bond motifs is 1. The molecule has 3 rings (SSSR count). The highest BCUT2D eigenvalue weighted by atomic mass is 35.5. The van der Waals surface area contributed by atoms with Gasteiger partial charge in [-0.1, -0.05) is 29.8 Å². The summed E-state index contributed by atoms with van der Waals surface area (Å²) in [7, 11) is 0. The van der Waals surface area contributed by atoms with Gasteiger partial charge < -0.3 is 4.74 Å². The molecule has 18 heavy (non-hydrogen) atoms. The zero-order valence-electron chi connectivity index (χ0n) is 9.60. The van der Waals surface area contributed by atoms with Crippen LogP contribution in [0.2, 0.25) is 4.34 Å². The first-order chi connectivity index (χ1) is 8.78. The molecule has 94 valence electrons. The van der Waals surface area contributed by atoms with E-state index < -0.39 is 0 Å². The molecule has 0 fully saturated rings. The van der Waals surface area contributed by atoms with Crippen molar-refractivity contribution in [3.63, 3.8) is 0 Å². The fraction of sp³-hybridized carbons (Fsp3) is 0.231. The summed E-state index contributed by atoms with van der Waals surface area (Å²) in [6, 6.07) is 11.9. The minimum atomic E-state index is -0.0325. The van der Waals surface area contributed by atoms with Gasteiger partial charge in [-0.2, -0.15) is 0 Å². The summed E-state index contributed by atoms with van der Waals surface area (Å²) in [5, 5.41) is 0. The lowest BCUT2D eigenvalue weighted by Gasteiger charge is -2.21. The molecule has 0 spiro atoms. The molecule has 2 aromatic rings. The molecule has 2 atom stereocenters. The maximum Gasteiger partial charge on any atom is 0.124 e. The van der Waals surface area contributed by atoms with Crippen LogP contribution < -0.4 is 16.0 Å². The first kappa shape index (κ1) is 12.0. The monoisotopic (exact) mass is 280 g/mol. The zero-order valence-corrected chi connectivity index (χ0v) is 11.2. The van der Waals surface area contributed by atoms with Crippen molar-refractivity contribution < 1.29 is 4.74 Å². The standard InChI is InChI=1S/C13H13ClN2OS/c14-12-6-5-11(18-12)13(16-15)10-7-8-3-1-2-4-9(8)17-10/h1-6,10,13,16H,7,15H2. The fourth-order valence-corrected chi connectivity index (χ4v) is 3.44. The molecule has 2 heterocycles. The molecule has 0 amide bonds. The molecule has 5 heteroatoms. The molecule has 1 aromatic heterocycles. The van der Waals surface area contributed by atoms with Crippen LogP contribution in [0.25, 0.3) is 0 Å². The van der Waals surface area contributed by atoms with Gasteiger partial charge in [-0.25, -0.2) is 5.43 Å². The Morgan fingerprint density at radius 1 is 1.33 bits per heavy atom. The normalized spacial score (nSPS) is 19.3. The molecule has 0 bridgehead atoms. The van der Waals surface area contributed by atoms with Crippen molar-refractivity contribution in [1.29, 1.82) is 0 Å². The highest BCUT2D eigenvalue weighted by Gasteiger charge is 2.31. The number of benzene rings is 1. The molecule has 2 unspecified atom stereocenters. The lowest BCUT2D eigenvalue weighted by molar-refractivity contribution is 0.181. The van der Waals surface area contributed by atoms with Gasteiger partial charge in [0.2, 0.25) is 0 Å². The van der Waals surface area contributed by atoms with Gasteiger partial charge in [-0.05, 0) is 23.8 Å². The van der Waals surface area contributed by atoms with Crippen LogP contribution in [0.5, 0.6) is 5.75 Å². The molecule has 3 nitrogen and oxygen atoms in total. The van der Waals surface area contributed by atoms with E-state index in [2.05, 4.69) is 11.5 Å². The van der Waals surface area contributed by atoms with Gasteiger partial charge in [0.1, 0.15) is 11.9 Å². The summed E-state index contributed by atoms with van der Waals surface area (Å²) in [6.07, 6.45) is 0.878. The molecule has 0 saturated heterocycles. The summed E-state index contributed by atoms with van der Waals surface area (Å²) < 4.78 is 6.71. The lowest BCUT2D eigenvalue weighted by atomic mass is 10.0. The largest absolute Gasteiger partial charge is 0.488 e. The number of thiophene rings is 1. The number of rotatable bonds is 3. The second-order valence-electron chi connectivity index (χ2n) is 4.25. The Morgan fingerprint density at radius 3 is 2.83 bits per heavy atom. The summed E-state index contributed by atoms with van der Waals surface area (Å²) in [4.78, 5) is 1.10. The summed E-state index contributed by atoms with van der Waals surface area (Å²) >= 11 is 7.50. The van der Waals surface area contributed by atoms with E-state index in [4.69, 9.17) is 22.2 Å². The molecule has 0 radical (unpaired) electrons. The van der Waals surface area contributed by atoms with Crippen molar-refractivity contribution in [3.8, 4) is 5.75 Å². The van der Waals surface area contributed by atoms with Gasteiger partial charge in [-0.3, -0.25) is 5.84 Å². The molecule has 1 aliphatic rings. The first-order valence-corrected chi connectivity index (χ1v) is 6.93. The molecule has 0 aliphatic carbocycles. The van der Waals surface area contributed by atoms with Crippen molar-refractivity contribution in [2.24, 2.45) is 5.84 Å². The smallest absolute Gasteiger partial charge is 0.124 e. The molecule has 0 saturated carbocycles. The Bertz CT molecular complexity index is 532. The Hall–Kier alpha value is -1.07. The van der Waals surface area contributed by atoms with E-state index in [1.54, 1.807) is 0 Å². The lowest BCUT2D eigenvalue weighted by Crippen LogP contribution is -2.38. The van der Waals surface area contributed by atoms with Gasteiger partial charge in [0.15, 0.2) is 0 Å². The van der Waals surface area contributed by atoms with E-state index in [1.807, 2.05) is 30.3 Å². The molecule has 1 aromatic carbocycles. The number of ether oxygens (including phenoxy) is 1. The minimum Gasteiger partial charge on any atom is -0.488 e. The summed E-state index contributed by atoms with van der Waals surface area (Å²) in [5.74, 6) is 6.61. The SMILES string of the molecule is NNC(c1ccc(Cl)s1)C1Cc2ccccc2O1. The highest BCUT2D eigenvalue weighted by molar-refractivity contribution is 7.16. The Labute approximate surface area is 114 Å². The third-order valence-electron chi connectivity index (χ3n) is 3.12. The topological polar surface area (TPSA) is 47.3 Å². The molecule has 1 aliphatic heterocycles. The Balaban J connectivity index is 1.83. The van der Waals surface area contributed by atoms with E-state index in [0.29, 0.717) is 0 Å². The maximum absolute atomic E-state index is 5.97. The highest BCUT2D eigenvalue weighted by Crippen LogP contribution is 2.36. The number of hydrazine groups is 1. The van der Waals surface area contributed by atoms with E-state index in [-0.39, 0.29) is 12.1 Å². The first-order valence-electron chi connectivity index (χ1n) is 5.74. The van der Waals surface area contributed by atoms with Crippen LogP contribution in [-0.2, 0) is 6.42 Å². The maximum atomic E-state index is 5.97. The van der Waals surface area contributed by atoms with Crippen molar-refractivity contribution in [1.82, 2.24) is 5.43 Å². The third kappa shape index (κ3) is 2.12. The van der Waals surface area contributed by atoms with Crippen LogP contribution in [0.4, 0.5) is 0 Å². The van der Waals surface area contributed by atoms with Gasteiger partial charge in [-0.15, -0.1) is 11.3 Å². The molecular formula is C13H13ClN2OS. The van der Waals surface area contributed by atoms with Crippen molar-refractivity contribution >= 4 is 22.9 Å². The number of hydrogen-bond donors (Lipinski definition) is 2. The predicted molar refractivity (Wildman–Crippen MR) is 74.0 cm³/mol. The number of nitrogens with one attached hydrogen (secondary N) is 1. The van der Waals surface area contributed by atoms with Crippen molar-refractivity contribution in [3.05, 3.63) is 51.2 Å². The minimum absolute atomic E-state index is 0.0158. The van der Waals surface area contributed by atoms with Gasteiger partial charge in [0.25, 0.3) is 0 Å². The van der Waals surface area contributed by atoms with Crippen LogP contribution in [0.3, 0.4) is 0 Å². The van der Waals surface area contributed by atoms with Crippen LogP contribution in [0, 0.1) is 0 Å². The van der Waals surface area contributed by atoms with E-state index >= 15 is 0 Å². The average molecular weight is 281 g/mol. The van der Waals surface area contributed by atoms with E-state index in [0.717, 1.165) is 21.4 Å². The number of nitrogens with two attached hydrogens (primary N) is 1. The Kier molecular flexibility index (Phi) is 3.26. The average Bonchev–Trinajstić information content (AvgIpc) is 2.96. The van der Waals surface area contributed by atoms with Gasteiger partial charge in [0, 0.05) is 11.3 Å². The number of hydrogen-bond acceptors (Lipinski definition) is 4. The van der Waals surface area contributed by atoms with E-state index in [1.165, 1.54) is 16.9 Å². The predicted octanol–water partition coefficient (Wildman–Crippen LogP) is 2.91. The van der Waals surface area contributed by atoms with Gasteiger partial charge in [0.05, 0.1) is 10.4 Å². The number of halogens is 1.